The third-order valence-electron chi connectivity index (χ3n) is 4.00. The summed E-state index contributed by atoms with van der Waals surface area (Å²) >= 11 is 1.47. The van der Waals surface area contributed by atoms with E-state index in [0.29, 0.717) is 17.6 Å². The summed E-state index contributed by atoms with van der Waals surface area (Å²) in [6, 6.07) is 0. The van der Waals surface area contributed by atoms with Gasteiger partial charge < -0.3 is 10.1 Å². The minimum absolute atomic E-state index is 0.0280. The molecule has 1 N–H and O–H groups in total. The largest absolute Gasteiger partial charge is 0.375 e. The number of morpholine rings is 1. The first-order chi connectivity index (χ1) is 12.0. The Hall–Kier alpha value is -1.97. The number of amides is 1. The van der Waals surface area contributed by atoms with Crippen molar-refractivity contribution in [3.05, 3.63) is 35.1 Å². The molecule has 3 heterocycles. The van der Waals surface area contributed by atoms with E-state index in [0.717, 1.165) is 24.5 Å². The molecule has 1 saturated heterocycles. The number of aromatic nitrogens is 3. The smallest absolute Gasteiger partial charge is 0.223 e. The quantitative estimate of drug-likeness (QED) is 0.873. The van der Waals surface area contributed by atoms with E-state index in [-0.39, 0.29) is 17.9 Å². The minimum atomic E-state index is -0.442. The van der Waals surface area contributed by atoms with Gasteiger partial charge in [-0.1, -0.05) is 6.92 Å². The zero-order valence-electron chi connectivity index (χ0n) is 14.1. The summed E-state index contributed by atoms with van der Waals surface area (Å²) in [5, 5.41) is 3.31. The maximum absolute atomic E-state index is 13.0. The second-order valence-electron chi connectivity index (χ2n) is 6.01. The van der Waals surface area contributed by atoms with Crippen molar-refractivity contribution in [2.24, 2.45) is 0 Å². The Kier molecular flexibility index (Phi) is 5.67. The molecule has 0 radical (unpaired) electrons. The summed E-state index contributed by atoms with van der Waals surface area (Å²) in [6.45, 7) is 6.37. The molecule has 1 aliphatic rings. The molecule has 0 spiro atoms. The lowest BCUT2D eigenvalue weighted by Crippen LogP contribution is -2.44. The van der Waals surface area contributed by atoms with E-state index in [1.165, 1.54) is 30.7 Å². The van der Waals surface area contributed by atoms with E-state index >= 15 is 0 Å². The molecule has 0 bridgehead atoms. The number of thiazole rings is 1. The summed E-state index contributed by atoms with van der Waals surface area (Å²) in [4.78, 5) is 26.8. The highest BCUT2D eigenvalue weighted by molar-refractivity contribution is 7.15. The van der Waals surface area contributed by atoms with Gasteiger partial charge in [0.25, 0.3) is 0 Å². The Balaban J connectivity index is 1.60. The highest BCUT2D eigenvalue weighted by Gasteiger charge is 2.28. The summed E-state index contributed by atoms with van der Waals surface area (Å²) in [5.41, 5.74) is 0. The van der Waals surface area contributed by atoms with E-state index in [1.54, 1.807) is 6.20 Å². The van der Waals surface area contributed by atoms with Gasteiger partial charge in [-0.05, 0) is 0 Å². The van der Waals surface area contributed by atoms with Crippen molar-refractivity contribution in [2.75, 3.05) is 25.0 Å². The molecule has 1 aliphatic heterocycles. The van der Waals surface area contributed by atoms with Gasteiger partial charge in [0.1, 0.15) is 5.82 Å². The van der Waals surface area contributed by atoms with Crippen LogP contribution in [0.25, 0.3) is 0 Å². The molecule has 134 valence electrons. The van der Waals surface area contributed by atoms with Crippen LogP contribution in [0.1, 0.15) is 30.5 Å². The van der Waals surface area contributed by atoms with Crippen molar-refractivity contribution in [1.82, 2.24) is 19.9 Å². The maximum atomic E-state index is 13.0. The lowest BCUT2D eigenvalue weighted by molar-refractivity contribution is -0.114. The Morgan fingerprint density at radius 2 is 2.20 bits per heavy atom. The maximum Gasteiger partial charge on any atom is 0.223 e. The van der Waals surface area contributed by atoms with Gasteiger partial charge in [-0.3, -0.25) is 9.69 Å². The van der Waals surface area contributed by atoms with Crippen LogP contribution in [0.5, 0.6) is 0 Å². The van der Waals surface area contributed by atoms with E-state index in [9.17, 15) is 9.18 Å². The Bertz CT molecular complexity index is 724. The molecule has 2 atom stereocenters. The predicted octanol–water partition coefficient (Wildman–Crippen LogP) is 2.04. The van der Waals surface area contributed by atoms with Crippen molar-refractivity contribution >= 4 is 22.4 Å². The van der Waals surface area contributed by atoms with Crippen molar-refractivity contribution in [1.29, 1.82) is 0 Å². The van der Waals surface area contributed by atoms with Gasteiger partial charge in [0.15, 0.2) is 10.9 Å². The molecule has 2 aromatic heterocycles. The molecule has 0 saturated carbocycles. The zero-order chi connectivity index (χ0) is 17.8. The van der Waals surface area contributed by atoms with Gasteiger partial charge in [0.2, 0.25) is 5.91 Å². The van der Waals surface area contributed by atoms with Crippen LogP contribution in [0.2, 0.25) is 0 Å². The van der Waals surface area contributed by atoms with Gasteiger partial charge in [-0.2, -0.15) is 0 Å². The molecule has 9 heteroatoms. The number of hydrogen-bond acceptors (Lipinski definition) is 7. The number of nitrogens with one attached hydrogen (secondary N) is 1. The van der Waals surface area contributed by atoms with E-state index in [2.05, 4.69) is 25.2 Å². The number of ether oxygens (including phenoxy) is 1. The van der Waals surface area contributed by atoms with Crippen molar-refractivity contribution in [3.63, 3.8) is 0 Å². The van der Waals surface area contributed by atoms with Crippen LogP contribution in [0.3, 0.4) is 0 Å². The average molecular weight is 365 g/mol. The van der Waals surface area contributed by atoms with Gasteiger partial charge in [0, 0.05) is 43.5 Å². The molecule has 2 aromatic rings. The molecule has 0 aliphatic carbocycles. The fraction of sp³-hybridized carbons (Fsp3) is 0.500. The summed E-state index contributed by atoms with van der Waals surface area (Å²) < 4.78 is 18.8. The molecular formula is C16H20FN5O2S. The van der Waals surface area contributed by atoms with Crippen molar-refractivity contribution < 1.29 is 13.9 Å². The fourth-order valence-electron chi connectivity index (χ4n) is 2.71. The standard InChI is InChI=1S/C16H20FN5O2S/c1-10(15-18-5-12(17)6-19-15)14-9-22(3-4-24-14)8-13-7-20-16(25-13)21-11(2)23/h5-7,10,14H,3-4,8-9H2,1-2H3,(H,20,21,23)/t10?,14-/m1/s1. The van der Waals surface area contributed by atoms with E-state index < -0.39 is 5.82 Å². The highest BCUT2D eigenvalue weighted by Crippen LogP contribution is 2.24. The summed E-state index contributed by atoms with van der Waals surface area (Å²) in [7, 11) is 0. The molecule has 7 nitrogen and oxygen atoms in total. The zero-order valence-corrected chi connectivity index (χ0v) is 14.9. The fourth-order valence-corrected chi connectivity index (χ4v) is 3.61. The summed E-state index contributed by atoms with van der Waals surface area (Å²) in [5.74, 6) is -0.0124. The van der Waals surface area contributed by atoms with E-state index in [4.69, 9.17) is 4.74 Å². The van der Waals surface area contributed by atoms with Crippen LogP contribution in [-0.4, -0.2) is 51.6 Å². The van der Waals surface area contributed by atoms with Crippen LogP contribution in [-0.2, 0) is 16.1 Å². The monoisotopic (exact) mass is 365 g/mol. The number of carbonyl (C=O) groups excluding carboxylic acids is 1. The predicted molar refractivity (Wildman–Crippen MR) is 91.8 cm³/mol. The third kappa shape index (κ3) is 4.77. The number of halogens is 1. The number of hydrogen-bond donors (Lipinski definition) is 1. The first-order valence-corrected chi connectivity index (χ1v) is 8.86. The SMILES string of the molecule is CC(=O)Nc1ncc(CN2CCO[C@@H](C(C)c3ncc(F)cn3)C2)s1. The molecule has 3 rings (SSSR count). The first kappa shape index (κ1) is 17.8. The molecule has 25 heavy (non-hydrogen) atoms. The first-order valence-electron chi connectivity index (χ1n) is 8.05. The highest BCUT2D eigenvalue weighted by atomic mass is 32.1. The number of rotatable bonds is 5. The van der Waals surface area contributed by atoms with E-state index in [1.807, 2.05) is 6.92 Å². The van der Waals surface area contributed by atoms with Crippen LogP contribution in [0.4, 0.5) is 9.52 Å². The number of carbonyl (C=O) groups is 1. The lowest BCUT2D eigenvalue weighted by atomic mass is 10.0. The minimum Gasteiger partial charge on any atom is -0.375 e. The second kappa shape index (κ2) is 7.94. The van der Waals surface area contributed by atoms with Crippen LogP contribution < -0.4 is 5.32 Å². The molecule has 1 fully saturated rings. The second-order valence-corrected chi connectivity index (χ2v) is 7.12. The number of anilines is 1. The summed E-state index contributed by atoms with van der Waals surface area (Å²) in [6.07, 6.45) is 4.09. The molecule has 0 aromatic carbocycles. The Morgan fingerprint density at radius 3 is 2.92 bits per heavy atom. The topological polar surface area (TPSA) is 80.2 Å². The molecule has 1 amide bonds. The van der Waals surface area contributed by atoms with Gasteiger partial charge >= 0.3 is 0 Å². The Labute approximate surface area is 149 Å². The van der Waals surface area contributed by atoms with Gasteiger partial charge in [0.05, 0.1) is 25.1 Å². The van der Waals surface area contributed by atoms with Gasteiger partial charge in [-0.25, -0.2) is 19.3 Å². The number of nitrogens with zero attached hydrogens (tertiary/aromatic N) is 4. The van der Waals surface area contributed by atoms with Crippen LogP contribution in [0, 0.1) is 5.82 Å². The lowest BCUT2D eigenvalue weighted by Gasteiger charge is -2.35. The molecular weight excluding hydrogens is 345 g/mol. The van der Waals surface area contributed by atoms with Crippen LogP contribution in [0.15, 0.2) is 18.6 Å². The van der Waals surface area contributed by atoms with Gasteiger partial charge in [-0.15, -0.1) is 11.3 Å². The third-order valence-corrected chi connectivity index (χ3v) is 4.90. The average Bonchev–Trinajstić information content (AvgIpc) is 3.01. The Morgan fingerprint density at radius 1 is 1.44 bits per heavy atom. The molecule has 1 unspecified atom stereocenters. The van der Waals surface area contributed by atoms with Crippen LogP contribution >= 0.6 is 11.3 Å². The normalized spacial score (nSPS) is 19.6. The van der Waals surface area contributed by atoms with Crippen molar-refractivity contribution in [3.8, 4) is 0 Å². The van der Waals surface area contributed by atoms with Crippen molar-refractivity contribution in [2.45, 2.75) is 32.4 Å².